The molecule has 0 bridgehead atoms. The third-order valence-corrected chi connectivity index (χ3v) is 5.06. The molecule has 0 radical (unpaired) electrons. The van der Waals surface area contributed by atoms with Crippen LogP contribution in [0, 0.1) is 5.41 Å². The molecule has 1 heterocycles. The van der Waals surface area contributed by atoms with Gasteiger partial charge in [0.15, 0.2) is 5.96 Å². The van der Waals surface area contributed by atoms with Crippen LogP contribution in [0.1, 0.15) is 51.7 Å². The summed E-state index contributed by atoms with van der Waals surface area (Å²) in [5.41, 5.74) is 2.57. The summed E-state index contributed by atoms with van der Waals surface area (Å²) in [7, 11) is 1.73. The number of nitrogens with zero attached hydrogens (tertiary/aromatic N) is 2. The Bertz CT molecular complexity index is 648. The van der Waals surface area contributed by atoms with Crippen molar-refractivity contribution in [3.8, 4) is 0 Å². The van der Waals surface area contributed by atoms with Gasteiger partial charge in [0.2, 0.25) is 5.91 Å². The van der Waals surface area contributed by atoms with Crippen molar-refractivity contribution in [2.24, 2.45) is 10.4 Å². The van der Waals surface area contributed by atoms with E-state index in [9.17, 15) is 4.79 Å². The zero-order valence-corrected chi connectivity index (χ0v) is 20.8. The maximum absolute atomic E-state index is 12.5. The van der Waals surface area contributed by atoms with Gasteiger partial charge < -0.3 is 20.3 Å². The topological polar surface area (TPSA) is 66.0 Å². The van der Waals surface area contributed by atoms with Crippen LogP contribution < -0.4 is 10.6 Å². The molecule has 7 heteroatoms. The molecular formula is C22H37IN4O2. The highest BCUT2D eigenvalue weighted by molar-refractivity contribution is 14.0. The van der Waals surface area contributed by atoms with Gasteiger partial charge in [-0.15, -0.1) is 24.0 Å². The summed E-state index contributed by atoms with van der Waals surface area (Å²) >= 11 is 0. The van der Waals surface area contributed by atoms with Crippen molar-refractivity contribution in [1.82, 2.24) is 15.5 Å². The fourth-order valence-corrected chi connectivity index (χ4v) is 3.33. The first-order valence-electron chi connectivity index (χ1n) is 10.2. The summed E-state index contributed by atoms with van der Waals surface area (Å²) in [6, 6.07) is 8.28. The number of hydrogen-bond acceptors (Lipinski definition) is 3. The molecule has 1 unspecified atom stereocenters. The number of carbonyl (C=O) groups excluding carboxylic acids is 1. The first kappa shape index (κ1) is 25.7. The summed E-state index contributed by atoms with van der Waals surface area (Å²) in [5.74, 6) is 0.988. The van der Waals surface area contributed by atoms with Crippen LogP contribution in [-0.2, 0) is 22.6 Å². The van der Waals surface area contributed by atoms with Crippen molar-refractivity contribution in [3.63, 3.8) is 0 Å². The third kappa shape index (κ3) is 8.12. The van der Waals surface area contributed by atoms with E-state index in [4.69, 9.17) is 4.74 Å². The number of carbonyl (C=O) groups is 1. The Morgan fingerprint density at radius 1 is 1.21 bits per heavy atom. The Balaban J connectivity index is 0.00000420. The van der Waals surface area contributed by atoms with E-state index < -0.39 is 0 Å². The minimum atomic E-state index is 0. The van der Waals surface area contributed by atoms with Crippen LogP contribution in [0.3, 0.4) is 0 Å². The van der Waals surface area contributed by atoms with E-state index in [0.29, 0.717) is 19.5 Å². The van der Waals surface area contributed by atoms with E-state index in [2.05, 4.69) is 48.5 Å². The lowest BCUT2D eigenvalue weighted by atomic mass is 9.89. The Morgan fingerprint density at radius 2 is 1.83 bits per heavy atom. The smallest absolute Gasteiger partial charge is 0.223 e. The molecule has 1 aliphatic rings. The molecule has 2 rings (SSSR count). The second-order valence-electron chi connectivity index (χ2n) is 8.36. The lowest BCUT2D eigenvalue weighted by molar-refractivity contribution is -0.131. The van der Waals surface area contributed by atoms with E-state index in [1.54, 1.807) is 7.11 Å². The van der Waals surface area contributed by atoms with Crippen molar-refractivity contribution in [1.29, 1.82) is 0 Å². The fourth-order valence-electron chi connectivity index (χ4n) is 3.33. The number of fused-ring (bicyclic) bond motifs is 1. The number of nitrogens with one attached hydrogen (secondary N) is 2. The number of methoxy groups -OCH3 is 1. The summed E-state index contributed by atoms with van der Waals surface area (Å²) in [6.45, 7) is 12.1. The van der Waals surface area contributed by atoms with Crippen LogP contribution >= 0.6 is 24.0 Å². The zero-order chi connectivity index (χ0) is 20.6. The number of benzene rings is 1. The van der Waals surface area contributed by atoms with Gasteiger partial charge in [0.1, 0.15) is 0 Å². The molecule has 0 saturated heterocycles. The summed E-state index contributed by atoms with van der Waals surface area (Å²) in [6.07, 6.45) is 1.38. The van der Waals surface area contributed by atoms with Crippen LogP contribution in [0.4, 0.5) is 0 Å². The van der Waals surface area contributed by atoms with Gasteiger partial charge in [-0.2, -0.15) is 0 Å². The van der Waals surface area contributed by atoms with E-state index in [-0.39, 0.29) is 41.4 Å². The summed E-state index contributed by atoms with van der Waals surface area (Å²) in [4.78, 5) is 19.1. The molecule has 0 aliphatic carbocycles. The summed E-state index contributed by atoms with van der Waals surface area (Å²) in [5, 5.41) is 6.58. The Kier molecular flexibility index (Phi) is 11.0. The number of amides is 1. The van der Waals surface area contributed by atoms with Crippen LogP contribution in [0.15, 0.2) is 29.3 Å². The first-order chi connectivity index (χ1) is 13.3. The zero-order valence-electron chi connectivity index (χ0n) is 18.5. The molecule has 6 nitrogen and oxygen atoms in total. The second kappa shape index (κ2) is 12.4. The molecule has 1 aliphatic heterocycles. The molecule has 0 aromatic heterocycles. The highest BCUT2D eigenvalue weighted by Crippen LogP contribution is 2.23. The molecule has 1 aromatic rings. The van der Waals surface area contributed by atoms with Gasteiger partial charge in [-0.05, 0) is 29.9 Å². The van der Waals surface area contributed by atoms with Gasteiger partial charge in [-0.1, -0.05) is 45.0 Å². The maximum atomic E-state index is 12.5. The number of ether oxygens (including phenoxy) is 1. The SMILES string of the molecule is CCNC(=NCC(OC)C(C)(C)C)NCCCC(=O)N1Cc2ccccc2C1.I. The van der Waals surface area contributed by atoms with Crippen LogP contribution in [0.5, 0.6) is 0 Å². The maximum Gasteiger partial charge on any atom is 0.223 e. The van der Waals surface area contributed by atoms with E-state index >= 15 is 0 Å². The minimum absolute atomic E-state index is 0. The Morgan fingerprint density at radius 3 is 2.34 bits per heavy atom. The molecule has 29 heavy (non-hydrogen) atoms. The van der Waals surface area contributed by atoms with Gasteiger partial charge in [0.05, 0.1) is 12.6 Å². The minimum Gasteiger partial charge on any atom is -0.379 e. The van der Waals surface area contributed by atoms with Gasteiger partial charge in [0.25, 0.3) is 0 Å². The number of rotatable bonds is 8. The highest BCUT2D eigenvalue weighted by Gasteiger charge is 2.24. The average molecular weight is 516 g/mol. The molecule has 164 valence electrons. The quantitative estimate of drug-likeness (QED) is 0.240. The molecule has 1 aromatic carbocycles. The fraction of sp³-hybridized carbons (Fsp3) is 0.636. The van der Waals surface area contributed by atoms with E-state index in [1.807, 2.05) is 24.0 Å². The third-order valence-electron chi connectivity index (χ3n) is 5.06. The molecule has 0 spiro atoms. The van der Waals surface area contributed by atoms with Crippen molar-refractivity contribution < 1.29 is 9.53 Å². The van der Waals surface area contributed by atoms with Crippen molar-refractivity contribution in [2.75, 3.05) is 26.7 Å². The molecule has 0 saturated carbocycles. The van der Waals surface area contributed by atoms with Crippen molar-refractivity contribution >= 4 is 35.8 Å². The van der Waals surface area contributed by atoms with Gasteiger partial charge in [-0.25, -0.2) is 0 Å². The number of halogens is 1. The summed E-state index contributed by atoms with van der Waals surface area (Å²) < 4.78 is 5.57. The largest absolute Gasteiger partial charge is 0.379 e. The van der Waals surface area contributed by atoms with Gasteiger partial charge in [0, 0.05) is 39.7 Å². The predicted molar refractivity (Wildman–Crippen MR) is 130 cm³/mol. The average Bonchev–Trinajstić information content (AvgIpc) is 3.08. The number of aliphatic imine (C=N–C) groups is 1. The Hall–Kier alpha value is -1.35. The van der Waals surface area contributed by atoms with Gasteiger partial charge in [-0.3, -0.25) is 9.79 Å². The molecule has 2 N–H and O–H groups in total. The van der Waals surface area contributed by atoms with Crippen LogP contribution in [0.25, 0.3) is 0 Å². The van der Waals surface area contributed by atoms with E-state index in [1.165, 1.54) is 11.1 Å². The monoisotopic (exact) mass is 516 g/mol. The van der Waals surface area contributed by atoms with Crippen LogP contribution in [0.2, 0.25) is 0 Å². The Labute approximate surface area is 192 Å². The predicted octanol–water partition coefficient (Wildman–Crippen LogP) is 3.54. The van der Waals surface area contributed by atoms with Gasteiger partial charge >= 0.3 is 0 Å². The highest BCUT2D eigenvalue weighted by atomic mass is 127. The molecule has 1 amide bonds. The van der Waals surface area contributed by atoms with Crippen molar-refractivity contribution in [2.45, 2.75) is 59.7 Å². The normalized spacial score (nSPS) is 14.8. The molecule has 0 fully saturated rings. The lowest BCUT2D eigenvalue weighted by Gasteiger charge is -2.28. The first-order valence-corrected chi connectivity index (χ1v) is 10.2. The van der Waals surface area contributed by atoms with Crippen molar-refractivity contribution in [3.05, 3.63) is 35.4 Å². The van der Waals surface area contributed by atoms with E-state index in [0.717, 1.165) is 32.0 Å². The molecule has 1 atom stereocenters. The number of hydrogen-bond donors (Lipinski definition) is 2. The standard InChI is InChI=1S/C22H36N4O2.HI/c1-6-23-21(25-14-19(28-5)22(2,3)4)24-13-9-12-20(27)26-15-17-10-7-8-11-18(17)16-26;/h7-8,10-11,19H,6,9,12-16H2,1-5H3,(H2,23,24,25);1H. The van der Waals surface area contributed by atoms with Crippen LogP contribution in [-0.4, -0.2) is 49.6 Å². The lowest BCUT2D eigenvalue weighted by Crippen LogP contribution is -2.40. The second-order valence-corrected chi connectivity index (χ2v) is 8.36. The number of guanidine groups is 1. The molecular weight excluding hydrogens is 479 g/mol.